The first kappa shape index (κ1) is 10.5. The monoisotopic (exact) mass is 193 g/mol. The van der Waals surface area contributed by atoms with Crippen LogP contribution in [-0.4, -0.2) is 12.5 Å². The van der Waals surface area contributed by atoms with Gasteiger partial charge in [-0.25, -0.2) is 0 Å². The largest absolute Gasteiger partial charge is 0.398 e. The van der Waals surface area contributed by atoms with E-state index in [1.54, 1.807) is 0 Å². The average molecular weight is 193 g/mol. The van der Waals surface area contributed by atoms with Crippen molar-refractivity contribution in [2.75, 3.05) is 12.3 Å². The van der Waals surface area contributed by atoms with Crippen LogP contribution in [0.4, 0.5) is 5.69 Å². The number of anilines is 1. The molecule has 0 spiro atoms. The van der Waals surface area contributed by atoms with E-state index >= 15 is 0 Å². The summed E-state index contributed by atoms with van der Waals surface area (Å²) in [6, 6.07) is 7.63. The molecule has 0 saturated carbocycles. The van der Waals surface area contributed by atoms with Crippen LogP contribution in [0, 0.1) is 0 Å². The second kappa shape index (κ2) is 5.24. The molecule has 0 atom stereocenters. The Morgan fingerprint density at radius 2 is 2.07 bits per heavy atom. The van der Waals surface area contributed by atoms with Crippen LogP contribution in [0.25, 0.3) is 0 Å². The highest BCUT2D eigenvalue weighted by Crippen LogP contribution is 2.09. The molecule has 5 N–H and O–H groups in total. The molecule has 0 aliphatic heterocycles. The molecule has 1 aromatic rings. The molecule has 1 amide bonds. The van der Waals surface area contributed by atoms with Gasteiger partial charge in [-0.3, -0.25) is 4.79 Å². The summed E-state index contributed by atoms with van der Waals surface area (Å²) < 4.78 is 0. The van der Waals surface area contributed by atoms with Gasteiger partial charge in [0, 0.05) is 25.2 Å². The molecule has 0 aromatic heterocycles. The van der Waals surface area contributed by atoms with Gasteiger partial charge in [0.25, 0.3) is 0 Å². The number of para-hydroxylation sites is 1. The molecule has 14 heavy (non-hydrogen) atoms. The number of carbonyl (C=O) groups excluding carboxylic acids is 1. The number of nitrogen functional groups attached to an aromatic ring is 1. The quantitative estimate of drug-likeness (QED) is 0.462. The summed E-state index contributed by atoms with van der Waals surface area (Å²) in [7, 11) is 0. The molecular formula is C10H15N3O. The van der Waals surface area contributed by atoms with Gasteiger partial charge in [0.05, 0.1) is 0 Å². The topological polar surface area (TPSA) is 81.1 Å². The minimum atomic E-state index is -0.293. The lowest BCUT2D eigenvalue weighted by molar-refractivity contribution is -0.117. The third-order valence-electron chi connectivity index (χ3n) is 1.92. The van der Waals surface area contributed by atoms with Crippen molar-refractivity contribution in [3.8, 4) is 0 Å². The molecule has 4 nitrogen and oxygen atoms in total. The molecule has 0 heterocycles. The molecule has 0 fully saturated rings. The number of nitrogens with one attached hydrogen (secondary N) is 1. The highest BCUT2D eigenvalue weighted by molar-refractivity contribution is 5.73. The van der Waals surface area contributed by atoms with Crippen molar-refractivity contribution in [1.29, 1.82) is 0 Å². The van der Waals surface area contributed by atoms with Crippen LogP contribution in [0.1, 0.15) is 12.0 Å². The first-order chi connectivity index (χ1) is 6.70. The van der Waals surface area contributed by atoms with Crippen LogP contribution in [0.5, 0.6) is 0 Å². The molecule has 1 aromatic carbocycles. The van der Waals surface area contributed by atoms with E-state index in [0.29, 0.717) is 19.5 Å². The van der Waals surface area contributed by atoms with Crippen molar-refractivity contribution < 1.29 is 4.79 Å². The van der Waals surface area contributed by atoms with Crippen LogP contribution in [0.3, 0.4) is 0 Å². The van der Waals surface area contributed by atoms with Gasteiger partial charge in [-0.15, -0.1) is 0 Å². The van der Waals surface area contributed by atoms with Gasteiger partial charge < -0.3 is 16.8 Å². The molecule has 0 unspecified atom stereocenters. The number of benzene rings is 1. The summed E-state index contributed by atoms with van der Waals surface area (Å²) in [5.41, 5.74) is 12.5. The smallest absolute Gasteiger partial charge is 0.218 e. The minimum absolute atomic E-state index is 0.293. The first-order valence-electron chi connectivity index (χ1n) is 4.52. The number of carbonyl (C=O) groups is 1. The Labute approximate surface area is 83.3 Å². The molecule has 76 valence electrons. The fraction of sp³-hybridized carbons (Fsp3) is 0.300. The lowest BCUT2D eigenvalue weighted by Crippen LogP contribution is -2.21. The second-order valence-corrected chi connectivity index (χ2v) is 3.09. The molecule has 0 saturated heterocycles. The molecular weight excluding hydrogens is 178 g/mol. The number of hydrogen-bond acceptors (Lipinski definition) is 3. The molecule has 1 rings (SSSR count). The number of nitrogens with two attached hydrogens (primary N) is 2. The summed E-state index contributed by atoms with van der Waals surface area (Å²) >= 11 is 0. The minimum Gasteiger partial charge on any atom is -0.398 e. The van der Waals surface area contributed by atoms with E-state index in [1.165, 1.54) is 0 Å². The number of primary amides is 1. The molecule has 0 aliphatic carbocycles. The Balaban J connectivity index is 2.31. The van der Waals surface area contributed by atoms with E-state index < -0.39 is 0 Å². The van der Waals surface area contributed by atoms with Gasteiger partial charge >= 0.3 is 0 Å². The van der Waals surface area contributed by atoms with Crippen molar-refractivity contribution in [3.63, 3.8) is 0 Å². The van der Waals surface area contributed by atoms with Crippen molar-refractivity contribution in [2.45, 2.75) is 13.0 Å². The SMILES string of the molecule is NC(=O)CCNCc1ccccc1N. The third kappa shape index (κ3) is 3.45. The second-order valence-electron chi connectivity index (χ2n) is 3.09. The van der Waals surface area contributed by atoms with Crippen LogP contribution in [0.2, 0.25) is 0 Å². The number of rotatable bonds is 5. The zero-order chi connectivity index (χ0) is 10.4. The van der Waals surface area contributed by atoms with Crippen molar-refractivity contribution in [3.05, 3.63) is 29.8 Å². The normalized spacial score (nSPS) is 10.0. The van der Waals surface area contributed by atoms with Gasteiger partial charge in [0.1, 0.15) is 0 Å². The van der Waals surface area contributed by atoms with Crippen molar-refractivity contribution in [1.82, 2.24) is 5.32 Å². The van der Waals surface area contributed by atoms with Gasteiger partial charge in [0.2, 0.25) is 5.91 Å². The third-order valence-corrected chi connectivity index (χ3v) is 1.92. The summed E-state index contributed by atoms with van der Waals surface area (Å²) in [5.74, 6) is -0.293. The Morgan fingerprint density at radius 1 is 1.36 bits per heavy atom. The van der Waals surface area contributed by atoms with E-state index in [1.807, 2.05) is 24.3 Å². The van der Waals surface area contributed by atoms with Crippen LogP contribution in [-0.2, 0) is 11.3 Å². The molecule has 4 heteroatoms. The van der Waals surface area contributed by atoms with Gasteiger partial charge in [0.15, 0.2) is 0 Å². The van der Waals surface area contributed by atoms with Gasteiger partial charge in [-0.1, -0.05) is 18.2 Å². The Morgan fingerprint density at radius 3 is 2.71 bits per heavy atom. The van der Waals surface area contributed by atoms with Crippen molar-refractivity contribution in [2.24, 2.45) is 5.73 Å². The van der Waals surface area contributed by atoms with Crippen LogP contribution >= 0.6 is 0 Å². The summed E-state index contributed by atoms with van der Waals surface area (Å²) in [4.78, 5) is 10.4. The molecule has 0 aliphatic rings. The van der Waals surface area contributed by atoms with Gasteiger partial charge in [-0.05, 0) is 11.6 Å². The Hall–Kier alpha value is -1.55. The predicted octanol–water partition coefficient (Wildman–Crippen LogP) is 0.234. The van der Waals surface area contributed by atoms with E-state index in [4.69, 9.17) is 11.5 Å². The van der Waals surface area contributed by atoms with Crippen LogP contribution in [0.15, 0.2) is 24.3 Å². The summed E-state index contributed by atoms with van der Waals surface area (Å²) in [5, 5.41) is 3.09. The first-order valence-corrected chi connectivity index (χ1v) is 4.52. The Kier molecular flexibility index (Phi) is 3.94. The number of amides is 1. The predicted molar refractivity (Wildman–Crippen MR) is 56.4 cm³/mol. The van der Waals surface area contributed by atoms with Gasteiger partial charge in [-0.2, -0.15) is 0 Å². The zero-order valence-electron chi connectivity index (χ0n) is 7.99. The summed E-state index contributed by atoms with van der Waals surface area (Å²) in [6.07, 6.45) is 0.354. The van der Waals surface area contributed by atoms with Crippen molar-refractivity contribution >= 4 is 11.6 Å². The number of hydrogen-bond donors (Lipinski definition) is 3. The maximum absolute atomic E-state index is 10.4. The lowest BCUT2D eigenvalue weighted by atomic mass is 10.2. The maximum atomic E-state index is 10.4. The van der Waals surface area contributed by atoms with E-state index in [9.17, 15) is 4.79 Å². The van der Waals surface area contributed by atoms with E-state index in [0.717, 1.165) is 11.3 Å². The molecule has 0 radical (unpaired) electrons. The highest BCUT2D eigenvalue weighted by Gasteiger charge is 1.97. The summed E-state index contributed by atoms with van der Waals surface area (Å²) in [6.45, 7) is 1.25. The highest BCUT2D eigenvalue weighted by atomic mass is 16.1. The maximum Gasteiger partial charge on any atom is 0.218 e. The molecule has 0 bridgehead atoms. The van der Waals surface area contributed by atoms with E-state index in [2.05, 4.69) is 5.32 Å². The fourth-order valence-electron chi connectivity index (χ4n) is 1.13. The standard InChI is InChI=1S/C10H15N3O/c11-9-4-2-1-3-8(9)7-13-6-5-10(12)14/h1-4,13H,5-7,11H2,(H2,12,14). The lowest BCUT2D eigenvalue weighted by Gasteiger charge is -2.05. The Bertz CT molecular complexity index is 312. The average Bonchev–Trinajstić information content (AvgIpc) is 2.15. The zero-order valence-corrected chi connectivity index (χ0v) is 7.99. The fourth-order valence-corrected chi connectivity index (χ4v) is 1.13. The van der Waals surface area contributed by atoms with E-state index in [-0.39, 0.29) is 5.91 Å². The van der Waals surface area contributed by atoms with Crippen LogP contribution < -0.4 is 16.8 Å².